The molecule has 1 aliphatic heterocycles. The first-order chi connectivity index (χ1) is 13.5. The van der Waals surface area contributed by atoms with Crippen LogP contribution in [-0.2, 0) is 14.3 Å². The van der Waals surface area contributed by atoms with Gasteiger partial charge in [0, 0.05) is 19.1 Å². The number of amides is 2. The SMILES string of the molecule is CC(OC(=O)C1CCCN(C(=O)c2cccs2)C1)C(=O)NC1CCCCC1C. The maximum atomic E-state index is 12.6. The molecule has 154 valence electrons. The molecule has 0 bridgehead atoms. The van der Waals surface area contributed by atoms with Gasteiger partial charge in [-0.25, -0.2) is 0 Å². The van der Waals surface area contributed by atoms with E-state index in [-0.39, 0.29) is 29.7 Å². The summed E-state index contributed by atoms with van der Waals surface area (Å²) in [6, 6.07) is 3.81. The number of hydrogen-bond acceptors (Lipinski definition) is 5. The summed E-state index contributed by atoms with van der Waals surface area (Å²) in [5, 5.41) is 4.91. The second kappa shape index (κ2) is 9.54. The van der Waals surface area contributed by atoms with Crippen LogP contribution < -0.4 is 5.32 Å². The van der Waals surface area contributed by atoms with Crippen molar-refractivity contribution in [3.05, 3.63) is 22.4 Å². The van der Waals surface area contributed by atoms with Gasteiger partial charge in [0.05, 0.1) is 10.8 Å². The van der Waals surface area contributed by atoms with E-state index >= 15 is 0 Å². The van der Waals surface area contributed by atoms with Crippen LogP contribution in [0.3, 0.4) is 0 Å². The van der Waals surface area contributed by atoms with Gasteiger partial charge in [0.25, 0.3) is 11.8 Å². The zero-order valence-electron chi connectivity index (χ0n) is 16.7. The number of carbonyl (C=O) groups excluding carboxylic acids is 3. The largest absolute Gasteiger partial charge is 0.452 e. The lowest BCUT2D eigenvalue weighted by Gasteiger charge is -2.32. The normalized spacial score (nSPS) is 26.4. The third-order valence-corrected chi connectivity index (χ3v) is 6.73. The number of carbonyl (C=O) groups is 3. The Labute approximate surface area is 170 Å². The Hall–Kier alpha value is -1.89. The molecule has 2 fully saturated rings. The Morgan fingerprint density at radius 2 is 2.00 bits per heavy atom. The first kappa shape index (κ1) is 20.8. The summed E-state index contributed by atoms with van der Waals surface area (Å²) < 4.78 is 5.46. The molecule has 4 unspecified atom stereocenters. The van der Waals surface area contributed by atoms with Crippen LogP contribution in [0.4, 0.5) is 0 Å². The number of ether oxygens (including phenoxy) is 1. The molecule has 0 spiro atoms. The quantitative estimate of drug-likeness (QED) is 0.762. The standard InChI is InChI=1S/C21H30N2O4S/c1-14-7-3-4-9-17(14)22-19(24)15(2)27-21(26)16-8-5-11-23(13-16)20(25)18-10-6-12-28-18/h6,10,12,14-17H,3-5,7-9,11,13H2,1-2H3,(H,22,24). The molecule has 0 aromatic carbocycles. The van der Waals surface area contributed by atoms with Crippen molar-refractivity contribution in [1.82, 2.24) is 10.2 Å². The van der Waals surface area contributed by atoms with Crippen molar-refractivity contribution >= 4 is 29.1 Å². The lowest BCUT2D eigenvalue weighted by atomic mass is 9.86. The molecule has 1 saturated carbocycles. The molecule has 1 aromatic heterocycles. The maximum absolute atomic E-state index is 12.6. The molecular formula is C21H30N2O4S. The average Bonchev–Trinajstić information content (AvgIpc) is 3.24. The molecule has 28 heavy (non-hydrogen) atoms. The molecule has 2 heterocycles. The number of nitrogens with one attached hydrogen (secondary N) is 1. The number of likely N-dealkylation sites (tertiary alicyclic amines) is 1. The van der Waals surface area contributed by atoms with Crippen LogP contribution >= 0.6 is 11.3 Å². The number of hydrogen-bond donors (Lipinski definition) is 1. The smallest absolute Gasteiger partial charge is 0.311 e. The highest BCUT2D eigenvalue weighted by atomic mass is 32.1. The van der Waals surface area contributed by atoms with Gasteiger partial charge in [-0.2, -0.15) is 0 Å². The topological polar surface area (TPSA) is 75.7 Å². The molecule has 4 atom stereocenters. The van der Waals surface area contributed by atoms with Crippen LogP contribution in [0.2, 0.25) is 0 Å². The average molecular weight is 407 g/mol. The molecule has 1 aliphatic carbocycles. The van der Waals surface area contributed by atoms with Gasteiger partial charge in [-0.05, 0) is 50.0 Å². The first-order valence-electron chi connectivity index (χ1n) is 10.3. The summed E-state index contributed by atoms with van der Waals surface area (Å²) in [6.45, 7) is 4.78. The zero-order chi connectivity index (χ0) is 20.1. The lowest BCUT2D eigenvalue weighted by Crippen LogP contribution is -2.47. The fourth-order valence-electron chi connectivity index (χ4n) is 4.06. The van der Waals surface area contributed by atoms with Crippen molar-refractivity contribution in [2.24, 2.45) is 11.8 Å². The highest BCUT2D eigenvalue weighted by molar-refractivity contribution is 7.12. The second-order valence-electron chi connectivity index (χ2n) is 8.02. The first-order valence-corrected chi connectivity index (χ1v) is 11.2. The van der Waals surface area contributed by atoms with Gasteiger partial charge in [-0.3, -0.25) is 14.4 Å². The van der Waals surface area contributed by atoms with Crippen LogP contribution in [0.5, 0.6) is 0 Å². The Morgan fingerprint density at radius 1 is 1.21 bits per heavy atom. The minimum atomic E-state index is -0.815. The van der Waals surface area contributed by atoms with E-state index in [1.165, 1.54) is 17.8 Å². The Bertz CT molecular complexity index is 691. The summed E-state index contributed by atoms with van der Waals surface area (Å²) in [4.78, 5) is 40.0. The van der Waals surface area contributed by atoms with E-state index in [4.69, 9.17) is 4.74 Å². The number of rotatable bonds is 5. The van der Waals surface area contributed by atoms with E-state index in [2.05, 4.69) is 12.2 Å². The molecule has 6 nitrogen and oxygen atoms in total. The van der Waals surface area contributed by atoms with Crippen molar-refractivity contribution < 1.29 is 19.1 Å². The van der Waals surface area contributed by atoms with E-state index in [1.54, 1.807) is 17.9 Å². The highest BCUT2D eigenvalue weighted by Gasteiger charge is 2.33. The van der Waals surface area contributed by atoms with E-state index in [9.17, 15) is 14.4 Å². The van der Waals surface area contributed by atoms with Crippen molar-refractivity contribution in [1.29, 1.82) is 0 Å². The van der Waals surface area contributed by atoms with Crippen LogP contribution in [-0.4, -0.2) is 47.9 Å². The van der Waals surface area contributed by atoms with Gasteiger partial charge in [0.15, 0.2) is 6.10 Å². The Kier molecular flexibility index (Phi) is 7.10. The molecule has 1 aromatic rings. The molecule has 2 aliphatic rings. The minimum Gasteiger partial charge on any atom is -0.452 e. The predicted octanol–water partition coefficient (Wildman–Crippen LogP) is 3.23. The lowest BCUT2D eigenvalue weighted by molar-refractivity contribution is -0.160. The van der Waals surface area contributed by atoms with Gasteiger partial charge >= 0.3 is 5.97 Å². The summed E-state index contributed by atoms with van der Waals surface area (Å²) in [5.41, 5.74) is 0. The number of esters is 1. The monoisotopic (exact) mass is 406 g/mol. The van der Waals surface area contributed by atoms with Crippen LogP contribution in [0.25, 0.3) is 0 Å². The van der Waals surface area contributed by atoms with Gasteiger partial charge in [0.2, 0.25) is 0 Å². The molecular weight excluding hydrogens is 376 g/mol. The van der Waals surface area contributed by atoms with Crippen molar-refractivity contribution in [3.8, 4) is 0 Å². The minimum absolute atomic E-state index is 0.0374. The van der Waals surface area contributed by atoms with E-state index < -0.39 is 6.10 Å². The van der Waals surface area contributed by atoms with E-state index in [0.717, 1.165) is 25.7 Å². The second-order valence-corrected chi connectivity index (χ2v) is 8.97. The molecule has 2 amide bonds. The molecule has 7 heteroatoms. The Morgan fingerprint density at radius 3 is 2.71 bits per heavy atom. The number of nitrogens with zero attached hydrogens (tertiary/aromatic N) is 1. The highest BCUT2D eigenvalue weighted by Crippen LogP contribution is 2.24. The molecule has 0 radical (unpaired) electrons. The maximum Gasteiger partial charge on any atom is 0.311 e. The summed E-state index contributed by atoms with van der Waals surface area (Å²) in [6.07, 6.45) is 5.06. The summed E-state index contributed by atoms with van der Waals surface area (Å²) in [5.74, 6) is -0.570. The molecule has 1 saturated heterocycles. The third-order valence-electron chi connectivity index (χ3n) is 5.88. The van der Waals surface area contributed by atoms with Crippen LogP contribution in [0.15, 0.2) is 17.5 Å². The van der Waals surface area contributed by atoms with Gasteiger partial charge < -0.3 is 15.0 Å². The number of piperidine rings is 1. The summed E-state index contributed by atoms with van der Waals surface area (Å²) >= 11 is 1.41. The van der Waals surface area contributed by atoms with Gasteiger partial charge in [-0.1, -0.05) is 25.8 Å². The fourth-order valence-corrected chi connectivity index (χ4v) is 4.76. The van der Waals surface area contributed by atoms with Crippen molar-refractivity contribution in [2.75, 3.05) is 13.1 Å². The predicted molar refractivity (Wildman–Crippen MR) is 108 cm³/mol. The van der Waals surface area contributed by atoms with E-state index in [1.807, 2.05) is 11.4 Å². The summed E-state index contributed by atoms with van der Waals surface area (Å²) in [7, 11) is 0. The number of thiophene rings is 1. The van der Waals surface area contributed by atoms with Crippen molar-refractivity contribution in [2.45, 2.75) is 64.5 Å². The third kappa shape index (κ3) is 5.13. The molecule has 3 rings (SSSR count). The zero-order valence-corrected chi connectivity index (χ0v) is 17.5. The van der Waals surface area contributed by atoms with Crippen LogP contribution in [0, 0.1) is 11.8 Å². The van der Waals surface area contributed by atoms with Gasteiger partial charge in [-0.15, -0.1) is 11.3 Å². The van der Waals surface area contributed by atoms with Gasteiger partial charge in [0.1, 0.15) is 0 Å². The molecule has 1 N–H and O–H groups in total. The fraction of sp³-hybridized carbons (Fsp3) is 0.667. The van der Waals surface area contributed by atoms with Crippen LogP contribution in [0.1, 0.15) is 62.0 Å². The van der Waals surface area contributed by atoms with Crippen molar-refractivity contribution in [3.63, 3.8) is 0 Å². The van der Waals surface area contributed by atoms with E-state index in [0.29, 0.717) is 30.3 Å². The Balaban J connectivity index is 1.50.